The Bertz CT molecular complexity index is 1550. The number of rotatable bonds is 11. The lowest BCUT2D eigenvalue weighted by Crippen LogP contribution is -2.32. The predicted molar refractivity (Wildman–Crippen MR) is 158 cm³/mol. The first kappa shape index (κ1) is 30.8. The molecule has 1 heterocycles. The molecule has 0 aliphatic carbocycles. The van der Waals surface area contributed by atoms with Crippen molar-refractivity contribution in [2.24, 2.45) is 0 Å². The van der Waals surface area contributed by atoms with Crippen LogP contribution < -0.4 is 9.47 Å². The molecule has 1 N–H and O–H groups in total. The number of aliphatic hydroxyl groups is 1. The average molecular weight is 597 g/mol. The monoisotopic (exact) mass is 596 g/mol. The molecule has 0 aliphatic heterocycles. The molecule has 0 saturated carbocycles. The number of carbonyl (C=O) groups is 1. The summed E-state index contributed by atoms with van der Waals surface area (Å²) < 4.78 is 18.0. The first-order valence-electron chi connectivity index (χ1n) is 13.3. The summed E-state index contributed by atoms with van der Waals surface area (Å²) in [5, 5.41) is 27.2. The van der Waals surface area contributed by atoms with Gasteiger partial charge in [-0.05, 0) is 50.1 Å². The molecule has 0 amide bonds. The van der Waals surface area contributed by atoms with E-state index in [4.69, 9.17) is 25.8 Å². The van der Waals surface area contributed by atoms with Crippen LogP contribution in [0.25, 0.3) is 10.9 Å². The highest BCUT2D eigenvalue weighted by Crippen LogP contribution is 2.30. The SMILES string of the molecule is COc1nn(C(=O)OC(C)(C)C)c2cc(OCCN(Cc3ccccc3)CC(O)c3ccc(Cl)c([N+](=O)[O-])c3)ccc12. The summed E-state index contributed by atoms with van der Waals surface area (Å²) in [5.41, 5.74) is 0.921. The Morgan fingerprint density at radius 2 is 1.88 bits per heavy atom. The molecular formula is C30H33ClN4O7. The number of nitro groups is 1. The maximum absolute atomic E-state index is 12.8. The second-order valence-corrected chi connectivity index (χ2v) is 11.0. The van der Waals surface area contributed by atoms with Gasteiger partial charge < -0.3 is 19.3 Å². The van der Waals surface area contributed by atoms with Gasteiger partial charge in [-0.1, -0.05) is 48.0 Å². The number of nitro benzene ring substituents is 1. The van der Waals surface area contributed by atoms with Crippen LogP contribution in [-0.2, 0) is 11.3 Å². The van der Waals surface area contributed by atoms with Gasteiger partial charge >= 0.3 is 6.09 Å². The minimum Gasteiger partial charge on any atom is -0.492 e. The van der Waals surface area contributed by atoms with Crippen LogP contribution in [0.1, 0.15) is 38.0 Å². The van der Waals surface area contributed by atoms with Crippen molar-refractivity contribution >= 4 is 34.3 Å². The van der Waals surface area contributed by atoms with Crippen LogP contribution in [0.3, 0.4) is 0 Å². The zero-order valence-corrected chi connectivity index (χ0v) is 24.6. The number of hydrogen-bond acceptors (Lipinski definition) is 9. The van der Waals surface area contributed by atoms with Crippen molar-refractivity contribution in [1.29, 1.82) is 0 Å². The number of halogens is 1. The summed E-state index contributed by atoms with van der Waals surface area (Å²) in [6.45, 7) is 6.70. The summed E-state index contributed by atoms with van der Waals surface area (Å²) in [6.07, 6.45) is -1.64. The number of fused-ring (bicyclic) bond motifs is 1. The molecule has 4 rings (SSSR count). The zero-order chi connectivity index (χ0) is 30.4. The van der Waals surface area contributed by atoms with Crippen molar-refractivity contribution in [3.05, 3.63) is 93.0 Å². The first-order chi connectivity index (χ1) is 19.9. The van der Waals surface area contributed by atoms with E-state index >= 15 is 0 Å². The Morgan fingerprint density at radius 3 is 2.55 bits per heavy atom. The molecule has 1 aromatic heterocycles. The fourth-order valence-electron chi connectivity index (χ4n) is 4.35. The lowest BCUT2D eigenvalue weighted by atomic mass is 10.1. The number of hydrogen-bond donors (Lipinski definition) is 1. The smallest absolute Gasteiger partial charge is 0.435 e. The molecule has 0 fully saturated rings. The largest absolute Gasteiger partial charge is 0.492 e. The molecule has 3 aromatic carbocycles. The third-order valence-electron chi connectivity index (χ3n) is 6.29. The third kappa shape index (κ3) is 7.75. The summed E-state index contributed by atoms with van der Waals surface area (Å²) in [5.74, 6) is 0.788. The lowest BCUT2D eigenvalue weighted by molar-refractivity contribution is -0.384. The van der Waals surface area contributed by atoms with Gasteiger partial charge in [-0.25, -0.2) is 4.79 Å². The van der Waals surface area contributed by atoms with Crippen LogP contribution in [0.15, 0.2) is 66.7 Å². The zero-order valence-electron chi connectivity index (χ0n) is 23.8. The topological polar surface area (TPSA) is 129 Å². The molecule has 0 aliphatic rings. The van der Waals surface area contributed by atoms with Gasteiger partial charge in [0.2, 0.25) is 5.88 Å². The second kappa shape index (κ2) is 13.2. The van der Waals surface area contributed by atoms with E-state index in [2.05, 4.69) is 5.10 Å². The van der Waals surface area contributed by atoms with Crippen molar-refractivity contribution in [2.45, 2.75) is 39.0 Å². The van der Waals surface area contributed by atoms with E-state index in [1.807, 2.05) is 35.2 Å². The van der Waals surface area contributed by atoms with Crippen molar-refractivity contribution in [1.82, 2.24) is 14.7 Å². The minimum absolute atomic E-state index is 0.00749. The maximum Gasteiger partial charge on any atom is 0.435 e. The number of ether oxygens (including phenoxy) is 3. The van der Waals surface area contributed by atoms with E-state index in [0.717, 1.165) is 10.2 Å². The van der Waals surface area contributed by atoms with Crippen LogP contribution in [0.2, 0.25) is 5.02 Å². The van der Waals surface area contributed by atoms with Gasteiger partial charge in [0.05, 0.1) is 29.0 Å². The number of carbonyl (C=O) groups excluding carboxylic acids is 1. The van der Waals surface area contributed by atoms with E-state index in [1.165, 1.54) is 19.2 Å². The van der Waals surface area contributed by atoms with Crippen LogP contribution in [0, 0.1) is 10.1 Å². The van der Waals surface area contributed by atoms with Crippen LogP contribution in [0.5, 0.6) is 11.6 Å². The number of methoxy groups -OCH3 is 1. The Labute approximate surface area is 248 Å². The summed E-state index contributed by atoms with van der Waals surface area (Å²) >= 11 is 5.95. The standard InChI is InChI=1S/C30H33ClN4O7/c1-30(2,3)42-29(37)34-25-17-22(11-12-23(25)28(32-34)40-4)41-15-14-33(18-20-8-6-5-7-9-20)19-27(36)21-10-13-24(31)26(16-21)35(38)39/h5-13,16-17,27,36H,14-15,18-19H2,1-4H3. The molecule has 1 unspecified atom stereocenters. The third-order valence-corrected chi connectivity index (χ3v) is 6.61. The van der Waals surface area contributed by atoms with Gasteiger partial charge in [0.1, 0.15) is 23.0 Å². The van der Waals surface area contributed by atoms with Gasteiger partial charge in [0.25, 0.3) is 5.69 Å². The first-order valence-corrected chi connectivity index (χ1v) is 13.6. The highest BCUT2D eigenvalue weighted by atomic mass is 35.5. The minimum atomic E-state index is -1.00. The average Bonchev–Trinajstić information content (AvgIpc) is 3.31. The summed E-state index contributed by atoms with van der Waals surface area (Å²) in [7, 11) is 1.48. The van der Waals surface area contributed by atoms with Gasteiger partial charge in [-0.2, -0.15) is 4.68 Å². The maximum atomic E-state index is 12.8. The summed E-state index contributed by atoms with van der Waals surface area (Å²) in [6, 6.07) is 19.2. The Balaban J connectivity index is 1.50. The number of nitrogens with zero attached hydrogens (tertiary/aromatic N) is 4. The molecule has 0 saturated heterocycles. The van der Waals surface area contributed by atoms with Crippen LogP contribution >= 0.6 is 11.6 Å². The van der Waals surface area contributed by atoms with Crippen LogP contribution in [-0.4, -0.2) is 63.2 Å². The molecule has 0 radical (unpaired) electrons. The highest BCUT2D eigenvalue weighted by Gasteiger charge is 2.23. The molecule has 4 aromatic rings. The van der Waals surface area contributed by atoms with Crippen molar-refractivity contribution < 1.29 is 29.0 Å². The second-order valence-electron chi connectivity index (χ2n) is 10.6. The predicted octanol–water partition coefficient (Wildman–Crippen LogP) is 6.00. The number of benzene rings is 3. The molecule has 0 bridgehead atoms. The van der Waals surface area contributed by atoms with E-state index in [1.54, 1.807) is 45.0 Å². The van der Waals surface area contributed by atoms with Crippen molar-refractivity contribution in [3.8, 4) is 11.6 Å². The molecule has 12 heteroatoms. The molecule has 42 heavy (non-hydrogen) atoms. The molecule has 11 nitrogen and oxygen atoms in total. The number of aromatic nitrogens is 2. The lowest BCUT2D eigenvalue weighted by Gasteiger charge is -2.25. The Kier molecular flexibility index (Phi) is 9.66. The fraction of sp³-hybridized carbons (Fsp3) is 0.333. The highest BCUT2D eigenvalue weighted by molar-refractivity contribution is 6.32. The Morgan fingerprint density at radius 1 is 1.14 bits per heavy atom. The van der Waals surface area contributed by atoms with E-state index in [9.17, 15) is 20.0 Å². The van der Waals surface area contributed by atoms with E-state index in [0.29, 0.717) is 35.3 Å². The van der Waals surface area contributed by atoms with Crippen molar-refractivity contribution in [3.63, 3.8) is 0 Å². The molecular weight excluding hydrogens is 564 g/mol. The van der Waals surface area contributed by atoms with Gasteiger partial charge in [0.15, 0.2) is 0 Å². The van der Waals surface area contributed by atoms with Gasteiger partial charge in [-0.3, -0.25) is 15.0 Å². The Hall–Kier alpha value is -4.19. The molecule has 1 atom stereocenters. The van der Waals surface area contributed by atoms with Crippen molar-refractivity contribution in [2.75, 3.05) is 26.8 Å². The van der Waals surface area contributed by atoms with Gasteiger partial charge in [-0.15, -0.1) is 5.10 Å². The van der Waals surface area contributed by atoms with E-state index < -0.39 is 22.7 Å². The van der Waals surface area contributed by atoms with E-state index in [-0.39, 0.29) is 29.7 Å². The number of aliphatic hydroxyl groups excluding tert-OH is 1. The van der Waals surface area contributed by atoms with Crippen LogP contribution in [0.4, 0.5) is 10.5 Å². The molecule has 222 valence electrons. The fourth-order valence-corrected chi connectivity index (χ4v) is 4.53. The summed E-state index contributed by atoms with van der Waals surface area (Å²) in [4.78, 5) is 25.5. The van der Waals surface area contributed by atoms with Gasteiger partial charge in [0, 0.05) is 31.8 Å². The quantitative estimate of drug-likeness (QED) is 0.163. The molecule has 0 spiro atoms. The normalized spacial score (nSPS) is 12.4.